The van der Waals surface area contributed by atoms with Crippen molar-refractivity contribution in [1.29, 1.82) is 0 Å². The fourth-order valence-corrected chi connectivity index (χ4v) is 2.44. The van der Waals surface area contributed by atoms with E-state index in [1.54, 1.807) is 0 Å². The van der Waals surface area contributed by atoms with Gasteiger partial charge in [-0.3, -0.25) is 4.79 Å². The Bertz CT molecular complexity index is 720. The van der Waals surface area contributed by atoms with Crippen molar-refractivity contribution in [1.82, 2.24) is 5.32 Å². The SMILES string of the molecule is CC(NCCC(=O)Nc1cc(C(F)(F)F)ccc1Cl)c1ccccc1. The number of halogens is 4. The summed E-state index contributed by atoms with van der Waals surface area (Å²) in [5.41, 5.74) is 0.185. The molecule has 1 atom stereocenters. The van der Waals surface area contributed by atoms with Crippen molar-refractivity contribution in [2.75, 3.05) is 11.9 Å². The molecule has 0 heterocycles. The molecule has 0 aromatic heterocycles. The molecular formula is C18H18ClF3N2O. The summed E-state index contributed by atoms with van der Waals surface area (Å²) < 4.78 is 38.2. The van der Waals surface area contributed by atoms with Crippen LogP contribution in [0.15, 0.2) is 48.5 Å². The van der Waals surface area contributed by atoms with E-state index in [4.69, 9.17) is 11.6 Å². The van der Waals surface area contributed by atoms with Gasteiger partial charge >= 0.3 is 6.18 Å². The topological polar surface area (TPSA) is 41.1 Å². The molecule has 134 valence electrons. The molecule has 0 spiro atoms. The minimum atomic E-state index is -4.49. The minimum absolute atomic E-state index is 0.0439. The summed E-state index contributed by atoms with van der Waals surface area (Å²) in [6.45, 7) is 2.36. The molecule has 0 aliphatic carbocycles. The van der Waals surface area contributed by atoms with Crippen LogP contribution in [0.5, 0.6) is 0 Å². The van der Waals surface area contributed by atoms with Gasteiger partial charge in [-0.15, -0.1) is 0 Å². The highest BCUT2D eigenvalue weighted by Gasteiger charge is 2.31. The van der Waals surface area contributed by atoms with Crippen LogP contribution in [0.1, 0.15) is 30.5 Å². The third-order valence-electron chi connectivity index (χ3n) is 3.67. The van der Waals surface area contributed by atoms with Gasteiger partial charge < -0.3 is 10.6 Å². The van der Waals surface area contributed by atoms with Gasteiger partial charge in [0.2, 0.25) is 5.91 Å². The first kappa shape index (κ1) is 19.3. The second-order valence-corrected chi connectivity index (χ2v) is 5.98. The van der Waals surface area contributed by atoms with Crippen molar-refractivity contribution in [3.05, 3.63) is 64.7 Å². The van der Waals surface area contributed by atoms with Crippen molar-refractivity contribution >= 4 is 23.2 Å². The highest BCUT2D eigenvalue weighted by molar-refractivity contribution is 6.33. The van der Waals surface area contributed by atoms with Crippen LogP contribution in [0.3, 0.4) is 0 Å². The number of carbonyl (C=O) groups excluding carboxylic acids is 1. The van der Waals surface area contributed by atoms with Gasteiger partial charge in [-0.1, -0.05) is 41.9 Å². The molecule has 0 radical (unpaired) electrons. The summed E-state index contributed by atoms with van der Waals surface area (Å²) >= 11 is 5.86. The normalized spacial score (nSPS) is 12.7. The van der Waals surface area contributed by atoms with Gasteiger partial charge in [-0.2, -0.15) is 13.2 Å². The van der Waals surface area contributed by atoms with Crippen molar-refractivity contribution in [2.45, 2.75) is 25.6 Å². The molecule has 2 rings (SSSR count). The molecule has 0 saturated carbocycles. The van der Waals surface area contributed by atoms with E-state index in [0.29, 0.717) is 6.54 Å². The Labute approximate surface area is 149 Å². The third kappa shape index (κ3) is 5.76. The van der Waals surface area contributed by atoms with E-state index in [9.17, 15) is 18.0 Å². The minimum Gasteiger partial charge on any atom is -0.325 e. The smallest absolute Gasteiger partial charge is 0.325 e. The largest absolute Gasteiger partial charge is 0.416 e. The number of alkyl halides is 3. The number of rotatable bonds is 6. The molecule has 25 heavy (non-hydrogen) atoms. The van der Waals surface area contributed by atoms with Crippen molar-refractivity contribution in [3.8, 4) is 0 Å². The van der Waals surface area contributed by atoms with Gasteiger partial charge in [0.05, 0.1) is 16.3 Å². The molecule has 1 unspecified atom stereocenters. The number of amides is 1. The van der Waals surface area contributed by atoms with Gasteiger partial charge in [0.1, 0.15) is 0 Å². The summed E-state index contributed by atoms with van der Waals surface area (Å²) in [7, 11) is 0. The number of anilines is 1. The van der Waals surface area contributed by atoms with Crippen LogP contribution < -0.4 is 10.6 Å². The van der Waals surface area contributed by atoms with E-state index in [2.05, 4.69) is 10.6 Å². The Morgan fingerprint density at radius 3 is 2.48 bits per heavy atom. The number of hydrogen-bond donors (Lipinski definition) is 2. The Balaban J connectivity index is 1.88. The van der Waals surface area contributed by atoms with Crippen LogP contribution in [0.4, 0.5) is 18.9 Å². The molecule has 0 aliphatic heterocycles. The fourth-order valence-electron chi connectivity index (χ4n) is 2.27. The summed E-state index contributed by atoms with van der Waals surface area (Å²) in [5.74, 6) is -0.408. The maximum absolute atomic E-state index is 12.7. The summed E-state index contributed by atoms with van der Waals surface area (Å²) in [4.78, 5) is 12.0. The van der Waals surface area contributed by atoms with Gasteiger partial charge in [0.25, 0.3) is 0 Å². The van der Waals surface area contributed by atoms with E-state index in [-0.39, 0.29) is 23.2 Å². The molecule has 1 amide bonds. The van der Waals surface area contributed by atoms with Crippen LogP contribution in [-0.2, 0) is 11.0 Å². The molecular weight excluding hydrogens is 353 g/mol. The molecule has 2 aromatic carbocycles. The molecule has 0 saturated heterocycles. The average Bonchev–Trinajstić information content (AvgIpc) is 2.56. The standard InChI is InChI=1S/C18H18ClF3N2O/c1-12(13-5-3-2-4-6-13)23-10-9-17(25)24-16-11-14(18(20,21)22)7-8-15(16)19/h2-8,11-12,23H,9-10H2,1H3,(H,24,25). The first-order valence-corrected chi connectivity index (χ1v) is 8.10. The van der Waals surface area contributed by atoms with Crippen LogP contribution in [-0.4, -0.2) is 12.5 Å². The van der Waals surface area contributed by atoms with E-state index >= 15 is 0 Å². The van der Waals surface area contributed by atoms with E-state index < -0.39 is 17.6 Å². The zero-order valence-corrected chi connectivity index (χ0v) is 14.3. The molecule has 3 nitrogen and oxygen atoms in total. The second-order valence-electron chi connectivity index (χ2n) is 5.58. The van der Waals surface area contributed by atoms with Gasteiger partial charge in [0, 0.05) is 19.0 Å². The Morgan fingerprint density at radius 1 is 1.16 bits per heavy atom. The first-order valence-electron chi connectivity index (χ1n) is 7.72. The van der Waals surface area contributed by atoms with Crippen LogP contribution in [0.25, 0.3) is 0 Å². The number of nitrogens with one attached hydrogen (secondary N) is 2. The van der Waals surface area contributed by atoms with Gasteiger partial charge in [0.15, 0.2) is 0 Å². The Kier molecular flexibility index (Phi) is 6.45. The molecule has 7 heteroatoms. The average molecular weight is 371 g/mol. The number of hydrogen-bond acceptors (Lipinski definition) is 2. The van der Waals surface area contributed by atoms with Crippen LogP contribution in [0, 0.1) is 0 Å². The lowest BCUT2D eigenvalue weighted by Gasteiger charge is -2.15. The lowest BCUT2D eigenvalue weighted by Crippen LogP contribution is -2.24. The molecule has 0 bridgehead atoms. The predicted molar refractivity (Wildman–Crippen MR) is 92.6 cm³/mol. The summed E-state index contributed by atoms with van der Waals surface area (Å²) in [6, 6.07) is 12.6. The quantitative estimate of drug-likeness (QED) is 0.748. The summed E-state index contributed by atoms with van der Waals surface area (Å²) in [6.07, 6.45) is -4.37. The maximum atomic E-state index is 12.7. The zero-order valence-electron chi connectivity index (χ0n) is 13.5. The monoisotopic (exact) mass is 370 g/mol. The van der Waals surface area contributed by atoms with Crippen LogP contribution >= 0.6 is 11.6 Å². The van der Waals surface area contributed by atoms with E-state index in [1.807, 2.05) is 37.3 Å². The lowest BCUT2D eigenvalue weighted by molar-refractivity contribution is -0.137. The Morgan fingerprint density at radius 2 is 1.84 bits per heavy atom. The predicted octanol–water partition coefficient (Wildman–Crippen LogP) is 5.04. The number of carbonyl (C=O) groups is 1. The maximum Gasteiger partial charge on any atom is 0.416 e. The molecule has 0 aliphatic rings. The fraction of sp³-hybridized carbons (Fsp3) is 0.278. The molecule has 2 N–H and O–H groups in total. The lowest BCUT2D eigenvalue weighted by atomic mass is 10.1. The first-order chi connectivity index (χ1) is 11.8. The zero-order chi connectivity index (χ0) is 18.4. The van der Waals surface area contributed by atoms with E-state index in [0.717, 1.165) is 23.8 Å². The van der Waals surface area contributed by atoms with Crippen molar-refractivity contribution in [3.63, 3.8) is 0 Å². The van der Waals surface area contributed by atoms with Crippen molar-refractivity contribution in [2.24, 2.45) is 0 Å². The highest BCUT2D eigenvalue weighted by Crippen LogP contribution is 2.33. The second kappa shape index (κ2) is 8.36. The van der Waals surface area contributed by atoms with Crippen molar-refractivity contribution < 1.29 is 18.0 Å². The highest BCUT2D eigenvalue weighted by atomic mass is 35.5. The van der Waals surface area contributed by atoms with Crippen LogP contribution in [0.2, 0.25) is 5.02 Å². The third-order valence-corrected chi connectivity index (χ3v) is 4.00. The molecule has 2 aromatic rings. The molecule has 0 fully saturated rings. The Hall–Kier alpha value is -2.05. The van der Waals surface area contributed by atoms with Gasteiger partial charge in [-0.05, 0) is 30.7 Å². The summed E-state index contributed by atoms with van der Waals surface area (Å²) in [5, 5.41) is 5.68. The van der Waals surface area contributed by atoms with Gasteiger partial charge in [-0.25, -0.2) is 0 Å². The van der Waals surface area contributed by atoms with E-state index in [1.165, 1.54) is 0 Å². The number of benzene rings is 2.